The van der Waals surface area contributed by atoms with Crippen molar-refractivity contribution in [3.8, 4) is 5.75 Å². The number of nitrogens with zero attached hydrogens (tertiary/aromatic N) is 1. The summed E-state index contributed by atoms with van der Waals surface area (Å²) in [6.07, 6.45) is 3.37. The van der Waals surface area contributed by atoms with Crippen molar-refractivity contribution in [1.29, 1.82) is 0 Å². The van der Waals surface area contributed by atoms with Crippen molar-refractivity contribution in [1.82, 2.24) is 4.98 Å². The molecular weight excluding hydrogens is 368 g/mol. The number of aromatic nitrogens is 1. The summed E-state index contributed by atoms with van der Waals surface area (Å²) in [4.78, 5) is 16.9. The Morgan fingerprint density at radius 3 is 2.69 bits per heavy atom. The summed E-state index contributed by atoms with van der Waals surface area (Å²) in [5.74, 6) is 0.591. The minimum atomic E-state index is -0.190. The van der Waals surface area contributed by atoms with Crippen LogP contribution in [0.1, 0.15) is 42.1 Å². The third kappa shape index (κ3) is 4.34. The fourth-order valence-corrected chi connectivity index (χ4v) is 3.64. The maximum atomic E-state index is 12.4. The summed E-state index contributed by atoms with van der Waals surface area (Å²) in [5.41, 5.74) is 2.32. The lowest BCUT2D eigenvalue weighted by molar-refractivity contribution is 0.102. The molecule has 0 bridgehead atoms. The third-order valence-electron chi connectivity index (χ3n) is 4.10. The number of hydrogen-bond acceptors (Lipinski definition) is 4. The second kappa shape index (κ2) is 8.52. The van der Waals surface area contributed by atoms with E-state index in [1.807, 2.05) is 31.2 Å². The number of nitrogens with one attached hydrogen (secondary N) is 1. The molecule has 0 aliphatic heterocycles. The van der Waals surface area contributed by atoms with Gasteiger partial charge in [0.1, 0.15) is 5.75 Å². The van der Waals surface area contributed by atoms with Crippen LogP contribution in [0.2, 0.25) is 5.02 Å². The molecule has 0 unspecified atom stereocenters. The van der Waals surface area contributed by atoms with Crippen LogP contribution in [0.3, 0.4) is 0 Å². The summed E-state index contributed by atoms with van der Waals surface area (Å²) in [6.45, 7) is 4.79. The van der Waals surface area contributed by atoms with E-state index in [1.54, 1.807) is 12.1 Å². The van der Waals surface area contributed by atoms with Crippen LogP contribution in [0.5, 0.6) is 5.75 Å². The molecule has 1 N–H and O–H groups in total. The SMILES string of the molecule is CCCCCOc1ccc(C(=O)Nc2nc3c(C)c(Cl)ccc3s2)cc1. The van der Waals surface area contributed by atoms with Crippen LogP contribution in [0.15, 0.2) is 36.4 Å². The minimum Gasteiger partial charge on any atom is -0.494 e. The molecule has 3 aromatic rings. The summed E-state index contributed by atoms with van der Waals surface area (Å²) in [5, 5.41) is 4.10. The molecule has 0 saturated carbocycles. The van der Waals surface area contributed by atoms with Crippen LogP contribution in [-0.4, -0.2) is 17.5 Å². The second-order valence-electron chi connectivity index (χ2n) is 6.07. The van der Waals surface area contributed by atoms with Crippen LogP contribution < -0.4 is 10.1 Å². The highest BCUT2D eigenvalue weighted by molar-refractivity contribution is 7.22. The first kappa shape index (κ1) is 18.7. The Kier molecular flexibility index (Phi) is 6.12. The van der Waals surface area contributed by atoms with Crippen molar-refractivity contribution in [2.45, 2.75) is 33.1 Å². The van der Waals surface area contributed by atoms with Gasteiger partial charge in [-0.2, -0.15) is 0 Å². The van der Waals surface area contributed by atoms with Gasteiger partial charge in [0.2, 0.25) is 0 Å². The monoisotopic (exact) mass is 388 g/mol. The predicted octanol–water partition coefficient (Wildman–Crippen LogP) is 6.08. The molecule has 0 fully saturated rings. The van der Waals surface area contributed by atoms with E-state index in [1.165, 1.54) is 17.8 Å². The molecule has 6 heteroatoms. The lowest BCUT2D eigenvalue weighted by Gasteiger charge is -2.06. The molecule has 0 radical (unpaired) electrons. The standard InChI is InChI=1S/C20H21ClN2O2S/c1-3-4-5-12-25-15-8-6-14(7-9-15)19(24)23-20-22-18-13(2)16(21)10-11-17(18)26-20/h6-11H,3-5,12H2,1-2H3,(H,22,23,24). The third-order valence-corrected chi connectivity index (χ3v) is 5.45. The quantitative estimate of drug-likeness (QED) is 0.499. The van der Waals surface area contributed by atoms with Crippen molar-refractivity contribution >= 4 is 44.2 Å². The number of ether oxygens (including phenoxy) is 1. The van der Waals surface area contributed by atoms with Gasteiger partial charge in [-0.3, -0.25) is 10.1 Å². The van der Waals surface area contributed by atoms with Gasteiger partial charge in [-0.1, -0.05) is 42.7 Å². The van der Waals surface area contributed by atoms with Crippen LogP contribution >= 0.6 is 22.9 Å². The Morgan fingerprint density at radius 1 is 1.19 bits per heavy atom. The molecule has 2 aromatic carbocycles. The lowest BCUT2D eigenvalue weighted by atomic mass is 10.2. The molecule has 0 saturated heterocycles. The molecule has 1 aromatic heterocycles. The normalized spacial score (nSPS) is 10.9. The average Bonchev–Trinajstić information content (AvgIpc) is 3.06. The molecule has 0 aliphatic rings. The van der Waals surface area contributed by atoms with Crippen LogP contribution in [0.4, 0.5) is 5.13 Å². The van der Waals surface area contributed by atoms with Crippen LogP contribution in [0.25, 0.3) is 10.2 Å². The Labute approximate surface area is 162 Å². The molecule has 4 nitrogen and oxygen atoms in total. The second-order valence-corrected chi connectivity index (χ2v) is 7.51. The van der Waals surface area contributed by atoms with Crippen molar-refractivity contribution < 1.29 is 9.53 Å². The van der Waals surface area contributed by atoms with Gasteiger partial charge in [0.15, 0.2) is 5.13 Å². The van der Waals surface area contributed by atoms with Crippen LogP contribution in [-0.2, 0) is 0 Å². The Morgan fingerprint density at radius 2 is 1.96 bits per heavy atom. The minimum absolute atomic E-state index is 0.190. The molecule has 1 amide bonds. The zero-order valence-electron chi connectivity index (χ0n) is 14.8. The van der Waals surface area contributed by atoms with Crippen molar-refractivity contribution in [2.24, 2.45) is 0 Å². The van der Waals surface area contributed by atoms with E-state index in [0.717, 1.165) is 34.4 Å². The highest BCUT2D eigenvalue weighted by Crippen LogP contribution is 2.31. The number of carbonyl (C=O) groups is 1. The van der Waals surface area contributed by atoms with Gasteiger partial charge in [-0.15, -0.1) is 0 Å². The number of carbonyl (C=O) groups excluding carboxylic acids is 1. The van der Waals surface area contributed by atoms with Gasteiger partial charge in [0, 0.05) is 10.6 Å². The zero-order chi connectivity index (χ0) is 18.5. The average molecular weight is 389 g/mol. The van der Waals surface area contributed by atoms with Gasteiger partial charge < -0.3 is 4.74 Å². The number of halogens is 1. The molecule has 136 valence electrons. The number of aryl methyl sites for hydroxylation is 1. The molecule has 0 spiro atoms. The highest BCUT2D eigenvalue weighted by Gasteiger charge is 2.12. The number of fused-ring (bicyclic) bond motifs is 1. The van der Waals surface area contributed by atoms with Gasteiger partial charge in [-0.05, 0) is 55.3 Å². The van der Waals surface area contributed by atoms with E-state index in [4.69, 9.17) is 16.3 Å². The highest BCUT2D eigenvalue weighted by atomic mass is 35.5. The van der Waals surface area contributed by atoms with Gasteiger partial charge in [0.25, 0.3) is 5.91 Å². The molecule has 26 heavy (non-hydrogen) atoms. The largest absolute Gasteiger partial charge is 0.494 e. The Hall–Kier alpha value is -2.11. The first-order valence-electron chi connectivity index (χ1n) is 8.68. The van der Waals surface area contributed by atoms with E-state index in [-0.39, 0.29) is 5.91 Å². The first-order valence-corrected chi connectivity index (χ1v) is 9.87. The van der Waals surface area contributed by atoms with Gasteiger partial charge in [0.05, 0.1) is 16.8 Å². The van der Waals surface area contributed by atoms with Crippen molar-refractivity contribution in [3.63, 3.8) is 0 Å². The predicted molar refractivity (Wildman–Crippen MR) is 109 cm³/mol. The number of amides is 1. The van der Waals surface area contributed by atoms with Crippen molar-refractivity contribution in [3.05, 3.63) is 52.5 Å². The topological polar surface area (TPSA) is 51.2 Å². The molecule has 0 atom stereocenters. The Balaban J connectivity index is 1.65. The molecule has 3 rings (SSSR count). The maximum absolute atomic E-state index is 12.4. The van der Waals surface area contributed by atoms with E-state index in [9.17, 15) is 4.79 Å². The van der Waals surface area contributed by atoms with E-state index < -0.39 is 0 Å². The maximum Gasteiger partial charge on any atom is 0.257 e. The fraction of sp³-hybridized carbons (Fsp3) is 0.300. The lowest BCUT2D eigenvalue weighted by Crippen LogP contribution is -2.11. The summed E-state index contributed by atoms with van der Waals surface area (Å²) in [6, 6.07) is 10.9. The van der Waals surface area contributed by atoms with Gasteiger partial charge in [-0.25, -0.2) is 4.98 Å². The zero-order valence-corrected chi connectivity index (χ0v) is 16.4. The number of thiazole rings is 1. The van der Waals surface area contributed by atoms with Crippen LogP contribution in [0, 0.1) is 6.92 Å². The number of rotatable bonds is 7. The van der Waals surface area contributed by atoms with E-state index in [2.05, 4.69) is 17.2 Å². The van der Waals surface area contributed by atoms with E-state index >= 15 is 0 Å². The molecule has 1 heterocycles. The fourth-order valence-electron chi connectivity index (χ4n) is 2.57. The summed E-state index contributed by atoms with van der Waals surface area (Å²) in [7, 11) is 0. The summed E-state index contributed by atoms with van der Waals surface area (Å²) >= 11 is 7.57. The Bertz CT molecular complexity index is 906. The smallest absolute Gasteiger partial charge is 0.257 e. The van der Waals surface area contributed by atoms with Crippen molar-refractivity contribution in [2.75, 3.05) is 11.9 Å². The molecule has 0 aliphatic carbocycles. The number of anilines is 1. The van der Waals surface area contributed by atoms with Gasteiger partial charge >= 0.3 is 0 Å². The number of benzene rings is 2. The first-order chi connectivity index (χ1) is 12.6. The van der Waals surface area contributed by atoms with E-state index in [0.29, 0.717) is 22.3 Å². The molecular formula is C20H21ClN2O2S. The number of hydrogen-bond donors (Lipinski definition) is 1. The summed E-state index contributed by atoms with van der Waals surface area (Å²) < 4.78 is 6.67. The number of unbranched alkanes of at least 4 members (excludes halogenated alkanes) is 2.